The molecule has 0 radical (unpaired) electrons. The van der Waals surface area contributed by atoms with Crippen LogP contribution in [0.1, 0.15) is 44.7 Å². The first-order valence-electron chi connectivity index (χ1n) is 6.01. The van der Waals surface area contributed by atoms with Crippen molar-refractivity contribution in [1.29, 1.82) is 0 Å². The van der Waals surface area contributed by atoms with Crippen LogP contribution in [0.4, 0.5) is 0 Å². The summed E-state index contributed by atoms with van der Waals surface area (Å²) >= 11 is 0. The first-order chi connectivity index (χ1) is 7.51. The van der Waals surface area contributed by atoms with E-state index in [4.69, 9.17) is 4.89 Å². The Labute approximate surface area is 167 Å². The van der Waals surface area contributed by atoms with Crippen molar-refractivity contribution >= 4 is 56.1 Å². The van der Waals surface area contributed by atoms with E-state index in [-0.39, 0.29) is 67.4 Å². The summed E-state index contributed by atoms with van der Waals surface area (Å²) in [5.41, 5.74) is 2.76. The van der Waals surface area contributed by atoms with Crippen molar-refractivity contribution in [3.05, 3.63) is 35.4 Å². The Hall–Kier alpha value is 1.69. The Morgan fingerprint density at radius 2 is 1.37 bits per heavy atom. The summed E-state index contributed by atoms with van der Waals surface area (Å²) in [5, 5.41) is 0. The predicted molar refractivity (Wildman–Crippen MR) is 106 cm³/mol. The van der Waals surface area contributed by atoms with Crippen molar-refractivity contribution in [1.82, 2.24) is 0 Å². The molecule has 0 unspecified atom stereocenters. The third-order valence-corrected chi connectivity index (χ3v) is 3.93. The minimum Gasteiger partial charge on any atom is -0.374 e. The molecule has 0 heterocycles. The second-order valence-corrected chi connectivity index (χ2v) is 6.48. The largest absolute Gasteiger partial charge is 0.374 e. The standard InChI is InChI=1S/C10H14.C4H11OP.2HI.Ru/c1-8(2)10-6-4-9(3)5-7-10;1-3-6(5)4-2;;;/h4-8H,1-3H3;5H,3-4H2,1-2H3;2*1H;. The number of hydrogen-bond donors (Lipinski definition) is 1. The van der Waals surface area contributed by atoms with E-state index in [0.717, 1.165) is 12.3 Å². The van der Waals surface area contributed by atoms with Crippen molar-refractivity contribution < 1.29 is 24.4 Å². The fourth-order valence-corrected chi connectivity index (χ4v) is 1.62. The quantitative estimate of drug-likeness (QED) is 0.267. The van der Waals surface area contributed by atoms with Crippen LogP contribution in [-0.2, 0) is 19.5 Å². The van der Waals surface area contributed by atoms with E-state index in [0.29, 0.717) is 5.92 Å². The van der Waals surface area contributed by atoms with Gasteiger partial charge in [0, 0.05) is 27.6 Å². The molecule has 1 N–H and O–H groups in total. The van der Waals surface area contributed by atoms with Gasteiger partial charge in [-0.3, -0.25) is 0 Å². The van der Waals surface area contributed by atoms with Crippen LogP contribution < -0.4 is 0 Å². The maximum Gasteiger partial charge on any atom is 0.0245 e. The topological polar surface area (TPSA) is 20.2 Å². The zero-order chi connectivity index (χ0) is 12.6. The Morgan fingerprint density at radius 1 is 1.00 bits per heavy atom. The number of halogens is 2. The van der Waals surface area contributed by atoms with E-state index < -0.39 is 8.15 Å². The fraction of sp³-hybridized carbons (Fsp3) is 0.571. The molecular formula is C14H27I2OPRu. The van der Waals surface area contributed by atoms with Crippen LogP contribution in [0, 0.1) is 6.92 Å². The Morgan fingerprint density at radius 3 is 1.58 bits per heavy atom. The summed E-state index contributed by atoms with van der Waals surface area (Å²) in [4.78, 5) is 8.73. The molecule has 0 saturated carbocycles. The summed E-state index contributed by atoms with van der Waals surface area (Å²) < 4.78 is 0. The molecule has 0 bridgehead atoms. The van der Waals surface area contributed by atoms with Gasteiger partial charge in [0.05, 0.1) is 0 Å². The molecule has 1 nitrogen and oxygen atoms in total. The van der Waals surface area contributed by atoms with Gasteiger partial charge in [-0.1, -0.05) is 57.5 Å². The van der Waals surface area contributed by atoms with Crippen LogP contribution in [0.25, 0.3) is 0 Å². The van der Waals surface area contributed by atoms with Gasteiger partial charge in [0.1, 0.15) is 0 Å². The summed E-state index contributed by atoms with van der Waals surface area (Å²) in [6.07, 6.45) is 1.90. The van der Waals surface area contributed by atoms with Crippen LogP contribution in [0.15, 0.2) is 24.3 Å². The Bertz CT molecular complexity index is 277. The SMILES string of the molecule is CCP(O)CC.Cc1ccc(C(C)C)cc1.I.I.[Ru]. The van der Waals surface area contributed by atoms with Gasteiger partial charge in [-0.05, 0) is 30.7 Å². The zero-order valence-electron chi connectivity index (χ0n) is 12.4. The molecule has 0 amide bonds. The van der Waals surface area contributed by atoms with E-state index in [9.17, 15) is 0 Å². The third kappa shape index (κ3) is 15.9. The van der Waals surface area contributed by atoms with Crippen LogP contribution >= 0.6 is 56.1 Å². The molecule has 0 aliphatic carbocycles. The van der Waals surface area contributed by atoms with Gasteiger partial charge in [0.15, 0.2) is 0 Å². The van der Waals surface area contributed by atoms with Gasteiger partial charge in [0.25, 0.3) is 0 Å². The molecule has 19 heavy (non-hydrogen) atoms. The molecule has 1 rings (SSSR count). The smallest absolute Gasteiger partial charge is 0.0245 e. The molecule has 0 atom stereocenters. The maximum absolute atomic E-state index is 8.73. The number of hydrogen-bond acceptors (Lipinski definition) is 1. The van der Waals surface area contributed by atoms with E-state index in [2.05, 4.69) is 45.0 Å². The normalized spacial score (nSPS) is 8.63. The molecule has 1 aromatic carbocycles. The maximum atomic E-state index is 8.73. The first kappa shape index (κ1) is 28.8. The summed E-state index contributed by atoms with van der Waals surface area (Å²) in [7, 11) is -0.576. The van der Waals surface area contributed by atoms with Crippen LogP contribution in [0.3, 0.4) is 0 Å². The van der Waals surface area contributed by atoms with Crippen LogP contribution in [-0.4, -0.2) is 17.2 Å². The second kappa shape index (κ2) is 17.7. The van der Waals surface area contributed by atoms with E-state index >= 15 is 0 Å². The van der Waals surface area contributed by atoms with Gasteiger partial charge in [0.2, 0.25) is 0 Å². The summed E-state index contributed by atoms with van der Waals surface area (Å²) in [6, 6.07) is 8.71. The average Bonchev–Trinajstić information content (AvgIpc) is 2.29. The van der Waals surface area contributed by atoms with Crippen LogP contribution in [0.5, 0.6) is 0 Å². The average molecular weight is 597 g/mol. The second-order valence-electron chi connectivity index (χ2n) is 4.20. The van der Waals surface area contributed by atoms with Crippen molar-refractivity contribution in [3.8, 4) is 0 Å². The summed E-state index contributed by atoms with van der Waals surface area (Å²) in [6.45, 7) is 10.6. The number of aryl methyl sites for hydroxylation is 1. The Balaban J connectivity index is -0.000000112. The third-order valence-electron chi connectivity index (χ3n) is 2.47. The molecule has 0 aliphatic heterocycles. The molecular weight excluding hydrogens is 570 g/mol. The number of benzene rings is 1. The minimum atomic E-state index is -0.576. The van der Waals surface area contributed by atoms with Gasteiger partial charge in [-0.25, -0.2) is 0 Å². The van der Waals surface area contributed by atoms with Crippen molar-refractivity contribution in [2.75, 3.05) is 12.3 Å². The molecule has 0 fully saturated rings. The van der Waals surface area contributed by atoms with Crippen molar-refractivity contribution in [3.63, 3.8) is 0 Å². The molecule has 0 saturated heterocycles. The van der Waals surface area contributed by atoms with Crippen LogP contribution in [0.2, 0.25) is 0 Å². The zero-order valence-corrected chi connectivity index (χ0v) is 19.7. The summed E-state index contributed by atoms with van der Waals surface area (Å²) in [5.74, 6) is 0.653. The van der Waals surface area contributed by atoms with Crippen molar-refractivity contribution in [2.24, 2.45) is 0 Å². The van der Waals surface area contributed by atoms with Gasteiger partial charge >= 0.3 is 0 Å². The molecule has 5 heteroatoms. The minimum absolute atomic E-state index is 0. The predicted octanol–water partition coefficient (Wildman–Crippen LogP) is 5.77. The monoisotopic (exact) mass is 598 g/mol. The van der Waals surface area contributed by atoms with E-state index in [1.165, 1.54) is 11.1 Å². The van der Waals surface area contributed by atoms with Gasteiger partial charge in [-0.2, -0.15) is 0 Å². The Kier molecular flexibility index (Phi) is 26.9. The van der Waals surface area contributed by atoms with E-state index in [1.807, 2.05) is 13.8 Å². The molecule has 0 aliphatic rings. The fourth-order valence-electron chi connectivity index (χ4n) is 1.17. The molecule has 0 spiro atoms. The molecule has 0 aromatic heterocycles. The molecule has 116 valence electrons. The first-order valence-corrected chi connectivity index (χ1v) is 7.68. The molecule has 1 aromatic rings. The van der Waals surface area contributed by atoms with E-state index in [1.54, 1.807) is 0 Å². The number of rotatable bonds is 3. The van der Waals surface area contributed by atoms with Crippen molar-refractivity contribution in [2.45, 2.75) is 40.5 Å². The van der Waals surface area contributed by atoms with Gasteiger partial charge < -0.3 is 4.89 Å². The van der Waals surface area contributed by atoms with Gasteiger partial charge in [-0.15, -0.1) is 48.0 Å².